The van der Waals surface area contributed by atoms with Gasteiger partial charge in [-0.1, -0.05) is 17.8 Å². The number of aromatic nitrogens is 1. The smallest absolute Gasteiger partial charge is 0.124 e. The lowest BCUT2D eigenvalue weighted by Gasteiger charge is -2.01. The highest BCUT2D eigenvalue weighted by Crippen LogP contribution is 2.27. The first-order valence-corrected chi connectivity index (χ1v) is 5.20. The number of rotatable bonds is 2. The van der Waals surface area contributed by atoms with Gasteiger partial charge in [0, 0.05) is 16.0 Å². The van der Waals surface area contributed by atoms with Crippen LogP contribution in [0.3, 0.4) is 0 Å². The highest BCUT2D eigenvalue weighted by Gasteiger charge is 1.98. The Balaban J connectivity index is 2.18. The van der Waals surface area contributed by atoms with Crippen LogP contribution in [0.4, 0.5) is 10.2 Å². The highest BCUT2D eigenvalue weighted by atomic mass is 32.2. The Morgan fingerprint density at radius 1 is 1.13 bits per heavy atom. The van der Waals surface area contributed by atoms with Crippen molar-refractivity contribution in [2.45, 2.75) is 9.79 Å². The van der Waals surface area contributed by atoms with Crippen LogP contribution in [0.5, 0.6) is 0 Å². The third kappa shape index (κ3) is 2.70. The summed E-state index contributed by atoms with van der Waals surface area (Å²) in [5.41, 5.74) is 5.46. The summed E-state index contributed by atoms with van der Waals surface area (Å²) in [5.74, 6) is 0.252. The fraction of sp³-hybridized carbons (Fsp3) is 0. The highest BCUT2D eigenvalue weighted by molar-refractivity contribution is 7.99. The molecule has 1 aromatic heterocycles. The Bertz CT molecular complexity index is 456. The largest absolute Gasteiger partial charge is 0.384 e. The van der Waals surface area contributed by atoms with E-state index in [0.717, 1.165) is 9.79 Å². The standard InChI is InChI=1S/C11H9FN2S/c12-8-2-1-3-9(6-8)15-10-4-5-11(13)14-7-10/h1-7H,(H2,13,14). The summed E-state index contributed by atoms with van der Waals surface area (Å²) >= 11 is 1.45. The van der Waals surface area contributed by atoms with Crippen LogP contribution in [0.25, 0.3) is 0 Å². The zero-order chi connectivity index (χ0) is 10.7. The quantitative estimate of drug-likeness (QED) is 0.845. The van der Waals surface area contributed by atoms with E-state index in [-0.39, 0.29) is 5.82 Å². The number of nitrogens with two attached hydrogens (primary N) is 1. The monoisotopic (exact) mass is 220 g/mol. The molecule has 1 aromatic carbocycles. The van der Waals surface area contributed by atoms with Gasteiger partial charge in [0.05, 0.1) is 0 Å². The molecule has 0 atom stereocenters. The Labute approximate surface area is 91.3 Å². The summed E-state index contributed by atoms with van der Waals surface area (Å²) in [4.78, 5) is 5.75. The van der Waals surface area contributed by atoms with Crippen LogP contribution in [0.15, 0.2) is 52.4 Å². The Hall–Kier alpha value is -1.55. The van der Waals surface area contributed by atoms with Crippen LogP contribution in [0, 0.1) is 5.82 Å². The number of benzene rings is 1. The first-order chi connectivity index (χ1) is 7.24. The molecule has 0 unspecified atom stereocenters. The topological polar surface area (TPSA) is 38.9 Å². The van der Waals surface area contributed by atoms with Gasteiger partial charge in [0.25, 0.3) is 0 Å². The van der Waals surface area contributed by atoms with Crippen LogP contribution < -0.4 is 5.73 Å². The van der Waals surface area contributed by atoms with Crippen molar-refractivity contribution in [3.05, 3.63) is 48.4 Å². The molecule has 0 aliphatic rings. The van der Waals surface area contributed by atoms with Crippen LogP contribution in [-0.4, -0.2) is 4.98 Å². The van der Waals surface area contributed by atoms with Crippen LogP contribution >= 0.6 is 11.8 Å². The van der Waals surface area contributed by atoms with Gasteiger partial charge in [-0.25, -0.2) is 9.37 Å². The molecule has 15 heavy (non-hydrogen) atoms. The maximum absolute atomic E-state index is 12.9. The summed E-state index contributed by atoms with van der Waals surface area (Å²) in [7, 11) is 0. The van der Waals surface area contributed by atoms with Crippen molar-refractivity contribution >= 4 is 17.6 Å². The third-order valence-corrected chi connectivity index (χ3v) is 2.76. The molecule has 0 radical (unpaired) electrons. The molecule has 0 fully saturated rings. The molecular formula is C11H9FN2S. The summed E-state index contributed by atoms with van der Waals surface area (Å²) in [6, 6.07) is 10.0. The molecule has 0 amide bonds. The summed E-state index contributed by atoms with van der Waals surface area (Å²) in [6.45, 7) is 0. The van der Waals surface area contributed by atoms with Gasteiger partial charge in [0.1, 0.15) is 11.6 Å². The van der Waals surface area contributed by atoms with Gasteiger partial charge in [-0.05, 0) is 30.3 Å². The molecule has 0 saturated carbocycles. The van der Waals surface area contributed by atoms with Crippen LogP contribution in [0.2, 0.25) is 0 Å². The van der Waals surface area contributed by atoms with Crippen LogP contribution in [0.1, 0.15) is 0 Å². The lowest BCUT2D eigenvalue weighted by atomic mass is 10.4. The number of hydrogen-bond donors (Lipinski definition) is 1. The number of halogens is 1. The van der Waals surface area contributed by atoms with Gasteiger partial charge in [-0.3, -0.25) is 0 Å². The van der Waals surface area contributed by atoms with E-state index in [9.17, 15) is 4.39 Å². The maximum Gasteiger partial charge on any atom is 0.124 e. The Morgan fingerprint density at radius 3 is 2.67 bits per heavy atom. The van der Waals surface area contributed by atoms with E-state index in [1.807, 2.05) is 12.1 Å². The molecule has 2 N–H and O–H groups in total. The molecule has 0 aliphatic heterocycles. The molecule has 0 saturated heterocycles. The zero-order valence-corrected chi connectivity index (χ0v) is 8.67. The van der Waals surface area contributed by atoms with Gasteiger partial charge in [-0.2, -0.15) is 0 Å². The number of anilines is 1. The van der Waals surface area contributed by atoms with E-state index < -0.39 is 0 Å². The number of nitrogens with zero attached hydrogens (tertiary/aromatic N) is 1. The molecule has 76 valence electrons. The molecule has 0 bridgehead atoms. The first kappa shape index (κ1) is 9.98. The fourth-order valence-electron chi connectivity index (χ4n) is 1.12. The molecule has 2 aromatic rings. The normalized spacial score (nSPS) is 10.2. The lowest BCUT2D eigenvalue weighted by molar-refractivity contribution is 0.624. The van der Waals surface area contributed by atoms with E-state index in [1.165, 1.54) is 23.9 Å². The second-order valence-electron chi connectivity index (χ2n) is 2.98. The number of nitrogen functional groups attached to an aromatic ring is 1. The van der Waals surface area contributed by atoms with Crippen molar-refractivity contribution in [3.8, 4) is 0 Å². The first-order valence-electron chi connectivity index (χ1n) is 4.39. The van der Waals surface area contributed by atoms with Crippen molar-refractivity contribution < 1.29 is 4.39 Å². The number of pyridine rings is 1. The van der Waals surface area contributed by atoms with Gasteiger partial charge in [0.15, 0.2) is 0 Å². The second-order valence-corrected chi connectivity index (χ2v) is 4.13. The predicted molar refractivity (Wildman–Crippen MR) is 59.2 cm³/mol. The van der Waals surface area contributed by atoms with Gasteiger partial charge >= 0.3 is 0 Å². The van der Waals surface area contributed by atoms with E-state index in [0.29, 0.717) is 5.82 Å². The van der Waals surface area contributed by atoms with E-state index in [4.69, 9.17) is 5.73 Å². The van der Waals surface area contributed by atoms with E-state index >= 15 is 0 Å². The van der Waals surface area contributed by atoms with Crippen molar-refractivity contribution in [2.75, 3.05) is 5.73 Å². The van der Waals surface area contributed by atoms with Crippen molar-refractivity contribution in [1.82, 2.24) is 4.98 Å². The zero-order valence-electron chi connectivity index (χ0n) is 7.85. The molecule has 1 heterocycles. The van der Waals surface area contributed by atoms with E-state index in [1.54, 1.807) is 18.3 Å². The molecule has 0 aliphatic carbocycles. The Morgan fingerprint density at radius 2 is 2.00 bits per heavy atom. The minimum Gasteiger partial charge on any atom is -0.384 e. The van der Waals surface area contributed by atoms with Crippen molar-refractivity contribution in [3.63, 3.8) is 0 Å². The summed E-state index contributed by atoms with van der Waals surface area (Å²) in [5, 5.41) is 0. The molecule has 2 rings (SSSR count). The minimum absolute atomic E-state index is 0.233. The van der Waals surface area contributed by atoms with Gasteiger partial charge < -0.3 is 5.73 Å². The minimum atomic E-state index is -0.233. The SMILES string of the molecule is Nc1ccc(Sc2cccc(F)c2)cn1. The fourth-order valence-corrected chi connectivity index (χ4v) is 1.95. The van der Waals surface area contributed by atoms with Gasteiger partial charge in [-0.15, -0.1) is 0 Å². The predicted octanol–water partition coefficient (Wildman–Crippen LogP) is 2.95. The van der Waals surface area contributed by atoms with Crippen molar-refractivity contribution in [2.24, 2.45) is 0 Å². The van der Waals surface area contributed by atoms with Crippen LogP contribution in [-0.2, 0) is 0 Å². The summed E-state index contributed by atoms with van der Waals surface area (Å²) in [6.07, 6.45) is 1.67. The second kappa shape index (κ2) is 4.31. The molecule has 0 spiro atoms. The average molecular weight is 220 g/mol. The molecule has 2 nitrogen and oxygen atoms in total. The average Bonchev–Trinajstić information content (AvgIpc) is 2.22. The molecule has 4 heteroatoms. The summed E-state index contributed by atoms with van der Waals surface area (Å²) < 4.78 is 12.9. The van der Waals surface area contributed by atoms with Gasteiger partial charge in [0.2, 0.25) is 0 Å². The van der Waals surface area contributed by atoms with Crippen molar-refractivity contribution in [1.29, 1.82) is 0 Å². The molecular weight excluding hydrogens is 211 g/mol. The Kier molecular flexibility index (Phi) is 2.87. The lowest BCUT2D eigenvalue weighted by Crippen LogP contribution is -1.87. The maximum atomic E-state index is 12.9. The number of hydrogen-bond acceptors (Lipinski definition) is 3. The third-order valence-electron chi connectivity index (χ3n) is 1.79. The van der Waals surface area contributed by atoms with E-state index in [2.05, 4.69) is 4.98 Å².